The van der Waals surface area contributed by atoms with Gasteiger partial charge >= 0.3 is 5.97 Å². The molecule has 1 aliphatic carbocycles. The van der Waals surface area contributed by atoms with Crippen molar-refractivity contribution in [3.63, 3.8) is 0 Å². The molecule has 1 unspecified atom stereocenters. The molecule has 2 aromatic heterocycles. The number of likely N-dealkylation sites (tertiary alicyclic amines) is 1. The lowest BCUT2D eigenvalue weighted by molar-refractivity contribution is 0.0422. The molecule has 0 spiro atoms. The maximum absolute atomic E-state index is 10.8. The minimum Gasteiger partial charge on any atom is -0.476 e. The molecule has 0 radical (unpaired) electrons. The van der Waals surface area contributed by atoms with Crippen molar-refractivity contribution in [2.45, 2.75) is 31.3 Å². The van der Waals surface area contributed by atoms with Crippen LogP contribution in [0.1, 0.15) is 46.7 Å². The highest BCUT2D eigenvalue weighted by atomic mass is 16.4. The van der Waals surface area contributed by atoms with Gasteiger partial charge in [0.15, 0.2) is 5.69 Å². The van der Waals surface area contributed by atoms with Gasteiger partial charge in [-0.15, -0.1) is 5.10 Å². The number of fused-ring (bicyclic) bond motifs is 1. The molecular formula is C14H16N4O3. The number of nitrogens with zero attached hydrogens (tertiary/aromatic N) is 4. The number of hydrogen-bond donors (Lipinski definition) is 1. The molecule has 21 heavy (non-hydrogen) atoms. The van der Waals surface area contributed by atoms with Gasteiger partial charge in [0, 0.05) is 31.1 Å². The highest BCUT2D eigenvalue weighted by molar-refractivity contribution is 5.84. The molecule has 4 rings (SSSR count). The Hall–Kier alpha value is -2.15. The first-order chi connectivity index (χ1) is 10.2. The number of aromatic carboxylic acids is 1. The van der Waals surface area contributed by atoms with Crippen molar-refractivity contribution in [2.75, 3.05) is 13.1 Å². The van der Waals surface area contributed by atoms with Gasteiger partial charge in [-0.25, -0.2) is 9.48 Å². The van der Waals surface area contributed by atoms with E-state index in [0.717, 1.165) is 38.1 Å². The van der Waals surface area contributed by atoms with Crippen LogP contribution in [0.25, 0.3) is 0 Å². The lowest BCUT2D eigenvalue weighted by atomic mass is 9.89. The Morgan fingerprint density at radius 3 is 3.05 bits per heavy atom. The highest BCUT2D eigenvalue weighted by Gasteiger charge is 2.37. The largest absolute Gasteiger partial charge is 0.476 e. The molecule has 0 amide bonds. The molecule has 0 aromatic carbocycles. The SMILES string of the molecule is O=C(O)c1cn(C2CN(C3CCCc4occc43)C2)nn1. The molecule has 1 saturated heterocycles. The van der Waals surface area contributed by atoms with Crippen LogP contribution in [-0.4, -0.2) is 44.1 Å². The first-order valence-electron chi connectivity index (χ1n) is 7.18. The van der Waals surface area contributed by atoms with Gasteiger partial charge in [-0.3, -0.25) is 4.90 Å². The minimum absolute atomic E-state index is 0.00300. The van der Waals surface area contributed by atoms with Gasteiger partial charge in [0.2, 0.25) is 0 Å². The third-order valence-corrected chi connectivity index (χ3v) is 4.46. The summed E-state index contributed by atoms with van der Waals surface area (Å²) in [4.78, 5) is 13.2. The minimum atomic E-state index is -1.03. The van der Waals surface area contributed by atoms with Crippen molar-refractivity contribution < 1.29 is 14.3 Å². The summed E-state index contributed by atoms with van der Waals surface area (Å²) in [7, 11) is 0. The first kappa shape index (κ1) is 12.6. The van der Waals surface area contributed by atoms with Gasteiger partial charge in [-0.2, -0.15) is 0 Å². The van der Waals surface area contributed by atoms with Crippen molar-refractivity contribution in [2.24, 2.45) is 0 Å². The first-order valence-corrected chi connectivity index (χ1v) is 7.18. The quantitative estimate of drug-likeness (QED) is 0.921. The van der Waals surface area contributed by atoms with Crippen molar-refractivity contribution in [3.05, 3.63) is 35.5 Å². The number of carboxylic acid groups (broad SMARTS) is 1. The van der Waals surface area contributed by atoms with Crippen molar-refractivity contribution >= 4 is 5.97 Å². The predicted octanol–water partition coefficient (Wildman–Crippen LogP) is 1.50. The third kappa shape index (κ3) is 2.04. The average molecular weight is 288 g/mol. The molecule has 1 atom stereocenters. The molecule has 1 aliphatic heterocycles. The van der Waals surface area contributed by atoms with E-state index >= 15 is 0 Å². The fourth-order valence-corrected chi connectivity index (χ4v) is 3.30. The number of aromatic nitrogens is 3. The summed E-state index contributed by atoms with van der Waals surface area (Å²) in [5.41, 5.74) is 1.31. The van der Waals surface area contributed by atoms with E-state index in [9.17, 15) is 4.79 Å². The topological polar surface area (TPSA) is 84.4 Å². The van der Waals surface area contributed by atoms with Crippen LogP contribution in [-0.2, 0) is 6.42 Å². The summed E-state index contributed by atoms with van der Waals surface area (Å²) in [5.74, 6) is 0.0800. The lowest BCUT2D eigenvalue weighted by Crippen LogP contribution is -2.50. The standard InChI is InChI=1S/C14H16N4O3/c19-14(20)11-8-18(16-15-11)9-6-17(7-9)12-2-1-3-13-10(12)4-5-21-13/h4-5,8-9,12H,1-3,6-7H2,(H,19,20). The second kappa shape index (κ2) is 4.70. The highest BCUT2D eigenvalue weighted by Crippen LogP contribution is 2.39. The van der Waals surface area contributed by atoms with Crippen LogP contribution in [0.4, 0.5) is 0 Å². The van der Waals surface area contributed by atoms with Crippen LogP contribution in [0.15, 0.2) is 22.9 Å². The van der Waals surface area contributed by atoms with Crippen LogP contribution < -0.4 is 0 Å². The van der Waals surface area contributed by atoms with Crippen molar-refractivity contribution in [1.82, 2.24) is 19.9 Å². The predicted molar refractivity (Wildman–Crippen MR) is 72.0 cm³/mol. The zero-order chi connectivity index (χ0) is 14.4. The summed E-state index contributed by atoms with van der Waals surface area (Å²) in [5, 5.41) is 16.5. The number of rotatable bonds is 3. The van der Waals surface area contributed by atoms with E-state index in [4.69, 9.17) is 9.52 Å². The molecular weight excluding hydrogens is 272 g/mol. The monoisotopic (exact) mass is 288 g/mol. The maximum Gasteiger partial charge on any atom is 0.358 e. The smallest absolute Gasteiger partial charge is 0.358 e. The second-order valence-corrected chi connectivity index (χ2v) is 5.70. The molecule has 110 valence electrons. The van der Waals surface area contributed by atoms with E-state index in [1.165, 1.54) is 11.8 Å². The summed E-state index contributed by atoms with van der Waals surface area (Å²) < 4.78 is 7.19. The number of hydrogen-bond acceptors (Lipinski definition) is 5. The van der Waals surface area contributed by atoms with Gasteiger partial charge in [0.1, 0.15) is 5.76 Å². The summed E-state index contributed by atoms with van der Waals surface area (Å²) in [6.45, 7) is 1.75. The molecule has 1 N–H and O–H groups in total. The Morgan fingerprint density at radius 1 is 1.43 bits per heavy atom. The maximum atomic E-state index is 10.8. The summed E-state index contributed by atoms with van der Waals surface area (Å²) >= 11 is 0. The van der Waals surface area contributed by atoms with Crippen LogP contribution in [0.3, 0.4) is 0 Å². The number of aryl methyl sites for hydroxylation is 1. The van der Waals surface area contributed by atoms with E-state index in [2.05, 4.69) is 21.3 Å². The molecule has 0 bridgehead atoms. The van der Waals surface area contributed by atoms with Crippen LogP contribution in [0.2, 0.25) is 0 Å². The number of carboxylic acids is 1. The van der Waals surface area contributed by atoms with Crippen molar-refractivity contribution in [1.29, 1.82) is 0 Å². The van der Waals surface area contributed by atoms with E-state index in [1.54, 1.807) is 10.9 Å². The Labute approximate surface area is 121 Å². The zero-order valence-corrected chi connectivity index (χ0v) is 11.5. The van der Waals surface area contributed by atoms with E-state index in [0.29, 0.717) is 6.04 Å². The van der Waals surface area contributed by atoms with Crippen molar-refractivity contribution in [3.8, 4) is 0 Å². The molecule has 0 saturated carbocycles. The fourth-order valence-electron chi connectivity index (χ4n) is 3.30. The lowest BCUT2D eigenvalue weighted by Gasteiger charge is -2.45. The van der Waals surface area contributed by atoms with Gasteiger partial charge < -0.3 is 9.52 Å². The Balaban J connectivity index is 1.45. The van der Waals surface area contributed by atoms with Crippen LogP contribution in [0.5, 0.6) is 0 Å². The molecule has 1 fully saturated rings. The molecule has 7 nitrogen and oxygen atoms in total. The van der Waals surface area contributed by atoms with Gasteiger partial charge in [0.05, 0.1) is 18.5 Å². The van der Waals surface area contributed by atoms with Crippen LogP contribution in [0, 0.1) is 0 Å². The fraction of sp³-hybridized carbons (Fsp3) is 0.500. The van der Waals surface area contributed by atoms with E-state index in [1.807, 2.05) is 0 Å². The second-order valence-electron chi connectivity index (χ2n) is 5.70. The average Bonchev–Trinajstić information content (AvgIpc) is 3.05. The van der Waals surface area contributed by atoms with Gasteiger partial charge in [-0.05, 0) is 18.9 Å². The summed E-state index contributed by atoms with van der Waals surface area (Å²) in [6.07, 6.45) is 6.61. The van der Waals surface area contributed by atoms with Gasteiger partial charge in [0.25, 0.3) is 0 Å². The number of furan rings is 1. The van der Waals surface area contributed by atoms with Gasteiger partial charge in [-0.1, -0.05) is 5.21 Å². The molecule has 2 aliphatic rings. The van der Waals surface area contributed by atoms with E-state index in [-0.39, 0.29) is 11.7 Å². The Morgan fingerprint density at radius 2 is 2.29 bits per heavy atom. The van der Waals surface area contributed by atoms with Crippen LogP contribution >= 0.6 is 0 Å². The normalized spacial score (nSPS) is 22.8. The Bertz CT molecular complexity index is 671. The van der Waals surface area contributed by atoms with E-state index < -0.39 is 5.97 Å². The molecule has 2 aromatic rings. The number of carbonyl (C=O) groups is 1. The summed E-state index contributed by atoms with van der Waals surface area (Å²) in [6, 6.07) is 2.71. The third-order valence-electron chi connectivity index (χ3n) is 4.46. The zero-order valence-electron chi connectivity index (χ0n) is 11.5. The molecule has 3 heterocycles. The Kier molecular flexibility index (Phi) is 2.81. The molecule has 7 heteroatoms.